The largest absolute Gasteiger partial charge is 0.496 e. The van der Waals surface area contributed by atoms with E-state index in [0.29, 0.717) is 22.7 Å². The first-order valence-electron chi connectivity index (χ1n) is 10.7. The highest BCUT2D eigenvalue weighted by molar-refractivity contribution is 5.72. The van der Waals surface area contributed by atoms with Crippen LogP contribution in [0, 0.1) is 5.82 Å². The summed E-state index contributed by atoms with van der Waals surface area (Å²) in [5, 5.41) is 10.6. The van der Waals surface area contributed by atoms with Crippen molar-refractivity contribution in [2.45, 2.75) is 32.3 Å². The number of methoxy groups -OCH3 is 1. The van der Waals surface area contributed by atoms with Crippen LogP contribution in [0.5, 0.6) is 5.75 Å². The van der Waals surface area contributed by atoms with Crippen LogP contribution in [0.1, 0.15) is 32.0 Å². The van der Waals surface area contributed by atoms with Crippen molar-refractivity contribution in [3.8, 4) is 34.0 Å². The number of halogens is 3. The van der Waals surface area contributed by atoms with E-state index in [1.54, 1.807) is 73.1 Å². The van der Waals surface area contributed by atoms with Gasteiger partial charge < -0.3 is 9.84 Å². The van der Waals surface area contributed by atoms with Gasteiger partial charge in [0.15, 0.2) is 0 Å². The number of imidazole rings is 1. The molecule has 7 heteroatoms. The second-order valence-corrected chi connectivity index (χ2v) is 8.70. The van der Waals surface area contributed by atoms with Crippen molar-refractivity contribution in [1.82, 2.24) is 9.55 Å². The average Bonchev–Trinajstić information content (AvgIpc) is 3.25. The van der Waals surface area contributed by atoms with E-state index < -0.39 is 11.5 Å². The zero-order valence-corrected chi connectivity index (χ0v) is 19.3. The Kier molecular flexibility index (Phi) is 6.00. The van der Waals surface area contributed by atoms with Crippen LogP contribution in [0.15, 0.2) is 72.9 Å². The monoisotopic (exact) mass is 466 g/mol. The number of hydrogen-bond donors (Lipinski definition) is 1. The lowest BCUT2D eigenvalue weighted by Crippen LogP contribution is -2.15. The smallest absolute Gasteiger partial charge is 0.271 e. The van der Waals surface area contributed by atoms with Gasteiger partial charge >= 0.3 is 0 Å². The number of aliphatic hydroxyl groups is 1. The molecule has 0 atom stereocenters. The minimum atomic E-state index is -3.08. The molecule has 34 heavy (non-hydrogen) atoms. The quantitative estimate of drug-likeness (QED) is 0.344. The van der Waals surface area contributed by atoms with Crippen LogP contribution in [0.2, 0.25) is 0 Å². The molecular formula is C27H25F3N2O2. The summed E-state index contributed by atoms with van der Waals surface area (Å²) in [6, 6.07) is 17.6. The number of aromatic nitrogens is 2. The number of alkyl halides is 2. The van der Waals surface area contributed by atoms with Crippen molar-refractivity contribution in [3.05, 3.63) is 90.0 Å². The Balaban J connectivity index is 1.87. The molecular weight excluding hydrogens is 441 g/mol. The molecule has 0 aliphatic carbocycles. The topological polar surface area (TPSA) is 47.3 Å². The Bertz CT molecular complexity index is 1320. The van der Waals surface area contributed by atoms with Gasteiger partial charge in [-0.15, -0.1) is 0 Å². The van der Waals surface area contributed by atoms with Crippen LogP contribution in [0.4, 0.5) is 13.2 Å². The van der Waals surface area contributed by atoms with Crippen LogP contribution in [0.25, 0.3) is 28.2 Å². The van der Waals surface area contributed by atoms with Gasteiger partial charge in [-0.1, -0.05) is 36.4 Å². The minimum Gasteiger partial charge on any atom is -0.496 e. The SMILES string of the molecule is COc1ccc(F)cc1-c1ccc(-n2cc(C(C)(C)O)nc2-c2ccccc2C(C)(F)F)cc1. The van der Waals surface area contributed by atoms with E-state index in [9.17, 15) is 18.3 Å². The van der Waals surface area contributed by atoms with E-state index in [0.717, 1.165) is 12.5 Å². The molecule has 1 heterocycles. The predicted octanol–water partition coefficient (Wildman–Crippen LogP) is 6.69. The van der Waals surface area contributed by atoms with E-state index >= 15 is 0 Å². The molecule has 0 aliphatic heterocycles. The summed E-state index contributed by atoms with van der Waals surface area (Å²) >= 11 is 0. The van der Waals surface area contributed by atoms with E-state index in [2.05, 4.69) is 4.98 Å². The number of rotatable bonds is 6. The van der Waals surface area contributed by atoms with Crippen LogP contribution in [-0.4, -0.2) is 21.8 Å². The molecule has 0 saturated heterocycles. The summed E-state index contributed by atoms with van der Waals surface area (Å²) in [4.78, 5) is 4.53. The molecule has 0 aliphatic rings. The van der Waals surface area contributed by atoms with Gasteiger partial charge in [0, 0.05) is 35.5 Å². The van der Waals surface area contributed by atoms with Gasteiger partial charge in [-0.2, -0.15) is 0 Å². The highest BCUT2D eigenvalue weighted by Crippen LogP contribution is 2.37. The van der Waals surface area contributed by atoms with Gasteiger partial charge in [0.1, 0.15) is 23.0 Å². The zero-order valence-electron chi connectivity index (χ0n) is 19.3. The standard InChI is InChI=1S/C27H25F3N2O2/c1-26(2,33)24-16-32(25(31-24)20-7-5-6-8-22(20)27(3,29)30)19-12-9-17(10-13-19)21-15-18(28)11-14-23(21)34-4/h5-16,33H,1-4H3. The molecule has 0 amide bonds. The van der Waals surface area contributed by atoms with E-state index in [-0.39, 0.29) is 22.8 Å². The molecule has 4 aromatic rings. The first kappa shape index (κ1) is 23.6. The van der Waals surface area contributed by atoms with E-state index in [4.69, 9.17) is 4.74 Å². The highest BCUT2D eigenvalue weighted by atomic mass is 19.3. The van der Waals surface area contributed by atoms with Gasteiger partial charge in [0.25, 0.3) is 5.92 Å². The lowest BCUT2D eigenvalue weighted by molar-refractivity contribution is 0.0180. The molecule has 0 saturated carbocycles. The minimum absolute atomic E-state index is 0.162. The molecule has 0 radical (unpaired) electrons. The summed E-state index contributed by atoms with van der Waals surface area (Å²) < 4.78 is 49.7. The van der Waals surface area contributed by atoms with Crippen molar-refractivity contribution < 1.29 is 23.0 Å². The maximum atomic E-state index is 14.4. The third-order valence-corrected chi connectivity index (χ3v) is 5.59. The molecule has 0 bridgehead atoms. The maximum absolute atomic E-state index is 14.4. The third-order valence-electron chi connectivity index (χ3n) is 5.59. The molecule has 0 fully saturated rings. The maximum Gasteiger partial charge on any atom is 0.271 e. The molecule has 4 nitrogen and oxygen atoms in total. The molecule has 1 N–H and O–H groups in total. The van der Waals surface area contributed by atoms with E-state index in [1.165, 1.54) is 25.3 Å². The molecule has 176 valence electrons. The zero-order chi connectivity index (χ0) is 24.7. The number of nitrogens with zero attached hydrogens (tertiary/aromatic N) is 2. The van der Waals surface area contributed by atoms with Gasteiger partial charge in [0.05, 0.1) is 12.8 Å². The average molecular weight is 467 g/mol. The Labute approximate surface area is 196 Å². The van der Waals surface area contributed by atoms with Crippen molar-refractivity contribution in [3.63, 3.8) is 0 Å². The highest BCUT2D eigenvalue weighted by Gasteiger charge is 2.31. The van der Waals surface area contributed by atoms with Gasteiger partial charge in [-0.25, -0.2) is 18.2 Å². The Morgan fingerprint density at radius 3 is 2.21 bits per heavy atom. The van der Waals surface area contributed by atoms with Crippen LogP contribution in [0.3, 0.4) is 0 Å². The lowest BCUT2D eigenvalue weighted by Gasteiger charge is -2.17. The number of benzene rings is 3. The number of hydrogen-bond acceptors (Lipinski definition) is 3. The first-order chi connectivity index (χ1) is 16.0. The fraction of sp³-hybridized carbons (Fsp3) is 0.222. The van der Waals surface area contributed by atoms with Crippen LogP contribution in [-0.2, 0) is 11.5 Å². The van der Waals surface area contributed by atoms with Gasteiger partial charge in [-0.3, -0.25) is 4.57 Å². The second kappa shape index (κ2) is 8.65. The Morgan fingerprint density at radius 1 is 0.912 bits per heavy atom. The summed E-state index contributed by atoms with van der Waals surface area (Å²) in [6.07, 6.45) is 1.64. The summed E-state index contributed by atoms with van der Waals surface area (Å²) in [7, 11) is 1.52. The molecule has 4 rings (SSSR count). The Morgan fingerprint density at radius 2 is 1.59 bits per heavy atom. The molecule has 3 aromatic carbocycles. The van der Waals surface area contributed by atoms with Crippen molar-refractivity contribution in [1.29, 1.82) is 0 Å². The van der Waals surface area contributed by atoms with Gasteiger partial charge in [-0.05, 0) is 49.7 Å². The fourth-order valence-corrected chi connectivity index (χ4v) is 3.83. The number of ether oxygens (including phenoxy) is 1. The lowest BCUT2D eigenvalue weighted by atomic mass is 10.0. The summed E-state index contributed by atoms with van der Waals surface area (Å²) in [5.74, 6) is -2.66. The van der Waals surface area contributed by atoms with E-state index in [1.807, 2.05) is 0 Å². The normalized spacial score (nSPS) is 12.1. The predicted molar refractivity (Wildman–Crippen MR) is 126 cm³/mol. The van der Waals surface area contributed by atoms with Crippen LogP contribution >= 0.6 is 0 Å². The molecule has 0 spiro atoms. The van der Waals surface area contributed by atoms with Gasteiger partial charge in [0.2, 0.25) is 0 Å². The van der Waals surface area contributed by atoms with Crippen molar-refractivity contribution in [2.75, 3.05) is 7.11 Å². The van der Waals surface area contributed by atoms with Crippen molar-refractivity contribution in [2.24, 2.45) is 0 Å². The summed E-state index contributed by atoms with van der Waals surface area (Å²) in [5.41, 5.74) is 1.13. The summed E-state index contributed by atoms with van der Waals surface area (Å²) in [6.45, 7) is 4.02. The molecule has 1 aromatic heterocycles. The first-order valence-corrected chi connectivity index (χ1v) is 10.7. The van der Waals surface area contributed by atoms with Crippen molar-refractivity contribution >= 4 is 0 Å². The van der Waals surface area contributed by atoms with Crippen LogP contribution < -0.4 is 4.74 Å². The fourth-order valence-electron chi connectivity index (χ4n) is 3.83. The second-order valence-electron chi connectivity index (χ2n) is 8.70. The Hall–Kier alpha value is -3.58. The third kappa shape index (κ3) is 4.56. The molecule has 0 unspecified atom stereocenters.